The van der Waals surface area contributed by atoms with Crippen LogP contribution in [0.4, 0.5) is 0 Å². The van der Waals surface area contributed by atoms with Crippen LogP contribution in [0.2, 0.25) is 0 Å². The molecule has 0 amide bonds. The Balaban J connectivity index is 1.71. The van der Waals surface area contributed by atoms with Gasteiger partial charge in [-0.05, 0) is 73.0 Å². The van der Waals surface area contributed by atoms with Gasteiger partial charge < -0.3 is 10.2 Å². The second-order valence-corrected chi connectivity index (χ2v) is 10.3. The predicted octanol–water partition coefficient (Wildman–Crippen LogP) is 3.90. The third kappa shape index (κ3) is 2.11. The Kier molecular flexibility index (Phi) is 3.61. The zero-order chi connectivity index (χ0) is 15.7. The Morgan fingerprint density at radius 1 is 1.09 bits per heavy atom. The molecule has 0 heterocycles. The van der Waals surface area contributed by atoms with E-state index in [4.69, 9.17) is 0 Å². The maximum Gasteiger partial charge on any atom is 0.0724 e. The van der Waals surface area contributed by atoms with E-state index in [1.165, 1.54) is 25.7 Å². The van der Waals surface area contributed by atoms with Crippen molar-refractivity contribution >= 4 is 15.9 Å². The summed E-state index contributed by atoms with van der Waals surface area (Å²) in [6.45, 7) is 4.85. The first-order valence-electron chi connectivity index (χ1n) is 9.03. The van der Waals surface area contributed by atoms with E-state index < -0.39 is 0 Å². The number of hydrogen-bond donors (Lipinski definition) is 2. The highest BCUT2D eigenvalue weighted by Crippen LogP contribution is 2.65. The average molecular weight is 369 g/mol. The molecule has 4 aliphatic carbocycles. The fourth-order valence-corrected chi connectivity index (χ4v) is 7.88. The van der Waals surface area contributed by atoms with Gasteiger partial charge in [0, 0.05) is 4.83 Å². The summed E-state index contributed by atoms with van der Waals surface area (Å²) in [5, 5.41) is 21.0. The zero-order valence-corrected chi connectivity index (χ0v) is 15.3. The van der Waals surface area contributed by atoms with E-state index in [1.807, 2.05) is 6.08 Å². The lowest BCUT2D eigenvalue weighted by Crippen LogP contribution is -2.56. The van der Waals surface area contributed by atoms with Crippen molar-refractivity contribution in [1.29, 1.82) is 0 Å². The Morgan fingerprint density at radius 2 is 1.86 bits per heavy atom. The number of aliphatic hydroxyl groups excluding tert-OH is 2. The second-order valence-electron chi connectivity index (χ2n) is 9.05. The number of rotatable bonds is 0. The lowest BCUT2D eigenvalue weighted by molar-refractivity contribution is -0.137. The van der Waals surface area contributed by atoms with E-state index in [1.54, 1.807) is 0 Å². The highest BCUT2D eigenvalue weighted by Gasteiger charge is 2.60. The molecule has 0 saturated heterocycles. The van der Waals surface area contributed by atoms with Crippen LogP contribution < -0.4 is 0 Å². The topological polar surface area (TPSA) is 40.5 Å². The lowest BCUT2D eigenvalue weighted by Gasteiger charge is -2.60. The van der Waals surface area contributed by atoms with Crippen molar-refractivity contribution in [3.05, 3.63) is 12.2 Å². The van der Waals surface area contributed by atoms with Crippen LogP contribution in [0, 0.1) is 34.5 Å². The first kappa shape index (κ1) is 15.7. The third-order valence-electron chi connectivity index (χ3n) is 7.90. The van der Waals surface area contributed by atoms with Gasteiger partial charge in [-0.25, -0.2) is 0 Å². The number of allylic oxidation sites excluding steroid dienone is 1. The predicted molar refractivity (Wildman–Crippen MR) is 91.7 cm³/mol. The highest BCUT2D eigenvalue weighted by molar-refractivity contribution is 9.09. The largest absolute Gasteiger partial charge is 0.393 e. The van der Waals surface area contributed by atoms with Gasteiger partial charge in [0.25, 0.3) is 0 Å². The molecule has 2 N–H and O–H groups in total. The molecule has 0 aromatic heterocycles. The molecule has 4 unspecified atom stereocenters. The Hall–Kier alpha value is 0.140. The smallest absolute Gasteiger partial charge is 0.0724 e. The van der Waals surface area contributed by atoms with Crippen molar-refractivity contribution in [1.82, 2.24) is 0 Å². The van der Waals surface area contributed by atoms with Gasteiger partial charge in [0.05, 0.1) is 12.2 Å². The van der Waals surface area contributed by atoms with Gasteiger partial charge in [-0.1, -0.05) is 41.9 Å². The standard InChI is InChI=1S/C19H29BrO2/c1-18-5-4-14-17(15(18)9-12(20)10-18)16(22)8-11-7-13(21)3-6-19(11,14)2/h3,6,11-17,21-22H,4-5,7-10H2,1-2H3/t11?,12?,13?,14-,15+,16?,17-,18-,19+/m1/s1. The van der Waals surface area contributed by atoms with Gasteiger partial charge in [-0.3, -0.25) is 0 Å². The van der Waals surface area contributed by atoms with Gasteiger partial charge in [-0.15, -0.1) is 0 Å². The summed E-state index contributed by atoms with van der Waals surface area (Å²) in [4.78, 5) is 0.627. The number of halogens is 1. The number of aliphatic hydroxyl groups is 2. The molecular weight excluding hydrogens is 340 g/mol. The highest BCUT2D eigenvalue weighted by atomic mass is 79.9. The van der Waals surface area contributed by atoms with Crippen LogP contribution in [0.1, 0.15) is 52.4 Å². The Labute approximate surface area is 142 Å². The first-order valence-corrected chi connectivity index (χ1v) is 9.94. The minimum Gasteiger partial charge on any atom is -0.393 e. The lowest BCUT2D eigenvalue weighted by atomic mass is 9.46. The van der Waals surface area contributed by atoms with E-state index in [0.29, 0.717) is 33.9 Å². The van der Waals surface area contributed by atoms with Crippen molar-refractivity contribution in [3.63, 3.8) is 0 Å². The monoisotopic (exact) mass is 368 g/mol. The maximum atomic E-state index is 11.0. The van der Waals surface area contributed by atoms with Crippen molar-refractivity contribution in [2.45, 2.75) is 69.4 Å². The molecule has 22 heavy (non-hydrogen) atoms. The summed E-state index contributed by atoms with van der Waals surface area (Å²) in [7, 11) is 0. The minimum absolute atomic E-state index is 0.175. The van der Waals surface area contributed by atoms with Gasteiger partial charge in [0.15, 0.2) is 0 Å². The van der Waals surface area contributed by atoms with E-state index in [2.05, 4.69) is 35.9 Å². The first-order chi connectivity index (χ1) is 10.3. The molecule has 3 saturated carbocycles. The van der Waals surface area contributed by atoms with Crippen molar-refractivity contribution in [3.8, 4) is 0 Å². The summed E-state index contributed by atoms with van der Waals surface area (Å²) in [6.07, 6.45) is 10.6. The Morgan fingerprint density at radius 3 is 2.64 bits per heavy atom. The summed E-state index contributed by atoms with van der Waals surface area (Å²) >= 11 is 3.86. The molecule has 9 atom stereocenters. The quantitative estimate of drug-likeness (QED) is 0.502. The molecule has 124 valence electrons. The van der Waals surface area contributed by atoms with E-state index in [9.17, 15) is 10.2 Å². The van der Waals surface area contributed by atoms with Crippen LogP contribution in [0.15, 0.2) is 12.2 Å². The molecule has 0 radical (unpaired) electrons. The van der Waals surface area contributed by atoms with Crippen LogP contribution in [-0.2, 0) is 0 Å². The fourth-order valence-electron chi connectivity index (χ4n) is 6.73. The SMILES string of the molecule is C[C@]12CC[C@@H]3[C@@H](C(O)CC4CC(O)C=C[C@@]43C)[C@@H]1CC(Br)C2. The van der Waals surface area contributed by atoms with Crippen LogP contribution >= 0.6 is 15.9 Å². The van der Waals surface area contributed by atoms with Crippen LogP contribution in [-0.4, -0.2) is 27.2 Å². The summed E-state index contributed by atoms with van der Waals surface area (Å²) in [6, 6.07) is 0. The van der Waals surface area contributed by atoms with Crippen molar-refractivity contribution in [2.24, 2.45) is 34.5 Å². The molecular formula is C19H29BrO2. The van der Waals surface area contributed by atoms with Crippen molar-refractivity contribution < 1.29 is 10.2 Å². The number of hydrogen-bond acceptors (Lipinski definition) is 2. The van der Waals surface area contributed by atoms with Crippen molar-refractivity contribution in [2.75, 3.05) is 0 Å². The summed E-state index contributed by atoms with van der Waals surface area (Å²) < 4.78 is 0. The third-order valence-corrected chi connectivity index (χ3v) is 8.60. The molecule has 0 spiro atoms. The molecule has 3 fully saturated rings. The van der Waals surface area contributed by atoms with Gasteiger partial charge in [-0.2, -0.15) is 0 Å². The van der Waals surface area contributed by atoms with Crippen LogP contribution in [0.3, 0.4) is 0 Å². The molecule has 2 nitrogen and oxygen atoms in total. The molecule has 4 rings (SSSR count). The van der Waals surface area contributed by atoms with E-state index >= 15 is 0 Å². The fraction of sp³-hybridized carbons (Fsp3) is 0.895. The zero-order valence-electron chi connectivity index (χ0n) is 13.7. The number of alkyl halides is 1. The molecule has 3 heteroatoms. The molecule has 0 aliphatic heterocycles. The van der Waals surface area contributed by atoms with E-state index in [-0.39, 0.29) is 17.6 Å². The summed E-state index contributed by atoms with van der Waals surface area (Å²) in [5.41, 5.74) is 0.590. The van der Waals surface area contributed by atoms with Gasteiger partial charge in [0.2, 0.25) is 0 Å². The molecule has 4 aliphatic rings. The number of fused-ring (bicyclic) bond motifs is 5. The molecule has 0 aromatic carbocycles. The van der Waals surface area contributed by atoms with Gasteiger partial charge >= 0.3 is 0 Å². The molecule has 0 aromatic rings. The second kappa shape index (κ2) is 5.07. The van der Waals surface area contributed by atoms with Crippen LogP contribution in [0.5, 0.6) is 0 Å². The molecule has 0 bridgehead atoms. The minimum atomic E-state index is -0.311. The summed E-state index contributed by atoms with van der Waals surface area (Å²) in [5.74, 6) is 2.13. The average Bonchev–Trinajstić information content (AvgIpc) is 2.75. The maximum absolute atomic E-state index is 11.0. The van der Waals surface area contributed by atoms with Crippen LogP contribution in [0.25, 0.3) is 0 Å². The van der Waals surface area contributed by atoms with E-state index in [0.717, 1.165) is 12.8 Å². The normalized spacial score (nSPS) is 60.5. The van der Waals surface area contributed by atoms with Gasteiger partial charge in [0.1, 0.15) is 0 Å². The Bertz CT molecular complexity index is 492.